The summed E-state index contributed by atoms with van der Waals surface area (Å²) in [6, 6.07) is 0.826. The van der Waals surface area contributed by atoms with Gasteiger partial charge < -0.3 is 5.32 Å². The van der Waals surface area contributed by atoms with Gasteiger partial charge in [-0.2, -0.15) is 0 Å². The lowest BCUT2D eigenvalue weighted by atomic mass is 9.96. The van der Waals surface area contributed by atoms with Crippen LogP contribution in [0.3, 0.4) is 0 Å². The van der Waals surface area contributed by atoms with Crippen LogP contribution < -0.4 is 10.0 Å². The van der Waals surface area contributed by atoms with Gasteiger partial charge in [0, 0.05) is 18.6 Å². The fraction of sp³-hybridized carbons (Fsp3) is 1.00. The van der Waals surface area contributed by atoms with E-state index in [4.69, 9.17) is 0 Å². The summed E-state index contributed by atoms with van der Waals surface area (Å²) in [7, 11) is -3.07. The average molecular weight is 258 g/mol. The van der Waals surface area contributed by atoms with E-state index in [2.05, 4.69) is 10.0 Å². The van der Waals surface area contributed by atoms with Gasteiger partial charge >= 0.3 is 0 Å². The maximum absolute atomic E-state index is 11.9. The highest BCUT2D eigenvalue weighted by molar-refractivity contribution is 7.89. The topological polar surface area (TPSA) is 58.2 Å². The summed E-state index contributed by atoms with van der Waals surface area (Å²) in [6.07, 6.45) is 7.26. The van der Waals surface area contributed by atoms with Crippen molar-refractivity contribution in [1.29, 1.82) is 0 Å². The molecule has 0 aromatic rings. The van der Waals surface area contributed by atoms with E-state index in [1.54, 1.807) is 0 Å². The molecule has 3 rings (SSSR count). The van der Waals surface area contributed by atoms with Crippen LogP contribution in [0.5, 0.6) is 0 Å². The van der Waals surface area contributed by atoms with Gasteiger partial charge in [0.25, 0.3) is 0 Å². The first kappa shape index (κ1) is 11.9. The third kappa shape index (κ3) is 3.01. The van der Waals surface area contributed by atoms with Gasteiger partial charge in [0.1, 0.15) is 0 Å². The Hall–Kier alpha value is -0.130. The first-order valence-corrected chi connectivity index (χ1v) is 8.51. The van der Waals surface area contributed by atoms with Crippen LogP contribution in [0, 0.1) is 11.8 Å². The summed E-state index contributed by atoms with van der Waals surface area (Å²) in [6.45, 7) is 0.598. The Balaban J connectivity index is 1.45. The highest BCUT2D eigenvalue weighted by Gasteiger charge is 2.40. The normalized spacial score (nSPS) is 36.6. The minimum atomic E-state index is -3.07. The van der Waals surface area contributed by atoms with Gasteiger partial charge in [-0.25, -0.2) is 13.1 Å². The van der Waals surface area contributed by atoms with Crippen molar-refractivity contribution >= 4 is 10.0 Å². The van der Waals surface area contributed by atoms with Crippen molar-refractivity contribution in [1.82, 2.24) is 10.0 Å². The highest BCUT2D eigenvalue weighted by Crippen LogP contribution is 2.44. The molecule has 3 atom stereocenters. The lowest BCUT2D eigenvalue weighted by Crippen LogP contribution is -2.41. The third-order valence-electron chi connectivity index (χ3n) is 4.45. The molecule has 0 radical (unpaired) electrons. The van der Waals surface area contributed by atoms with Crippen LogP contribution in [0.1, 0.15) is 38.5 Å². The fourth-order valence-electron chi connectivity index (χ4n) is 3.36. The van der Waals surface area contributed by atoms with E-state index in [-0.39, 0.29) is 11.8 Å². The molecule has 17 heavy (non-hydrogen) atoms. The molecular weight excluding hydrogens is 236 g/mol. The van der Waals surface area contributed by atoms with Gasteiger partial charge in [-0.15, -0.1) is 0 Å². The zero-order valence-corrected chi connectivity index (χ0v) is 11.0. The van der Waals surface area contributed by atoms with Gasteiger partial charge in [-0.3, -0.25) is 0 Å². The summed E-state index contributed by atoms with van der Waals surface area (Å²) >= 11 is 0. The Bertz CT molecular complexity index is 378. The first-order chi connectivity index (χ1) is 8.12. The van der Waals surface area contributed by atoms with Crippen molar-refractivity contribution in [2.75, 3.05) is 12.3 Å². The van der Waals surface area contributed by atoms with E-state index in [0.717, 1.165) is 12.3 Å². The molecule has 2 N–H and O–H groups in total. The molecule has 3 aliphatic carbocycles. The molecule has 0 spiro atoms. The molecule has 5 heteroatoms. The Morgan fingerprint density at radius 1 is 1.06 bits per heavy atom. The second kappa shape index (κ2) is 4.52. The van der Waals surface area contributed by atoms with E-state index in [1.807, 2.05) is 0 Å². The Morgan fingerprint density at radius 2 is 1.88 bits per heavy atom. The molecule has 3 aliphatic rings. The van der Waals surface area contributed by atoms with Gasteiger partial charge in [-0.05, 0) is 43.9 Å². The summed E-state index contributed by atoms with van der Waals surface area (Å²) in [5.74, 6) is 1.64. The molecule has 3 unspecified atom stereocenters. The monoisotopic (exact) mass is 258 g/mol. The molecule has 0 heterocycles. The number of hydrogen-bond donors (Lipinski definition) is 2. The van der Waals surface area contributed by atoms with Crippen molar-refractivity contribution in [2.45, 2.75) is 50.6 Å². The molecule has 0 aromatic carbocycles. The van der Waals surface area contributed by atoms with Gasteiger partial charge in [0.05, 0.1) is 5.75 Å². The molecule has 3 saturated carbocycles. The highest BCUT2D eigenvalue weighted by atomic mass is 32.2. The minimum Gasteiger partial charge on any atom is -0.313 e. The third-order valence-corrected chi connectivity index (χ3v) is 5.85. The molecule has 0 amide bonds. The Kier molecular flexibility index (Phi) is 3.17. The van der Waals surface area contributed by atoms with Crippen molar-refractivity contribution < 1.29 is 8.42 Å². The lowest BCUT2D eigenvalue weighted by molar-refractivity contribution is 0.390. The number of fused-ring (bicyclic) bond motifs is 2. The van der Waals surface area contributed by atoms with Crippen LogP contribution in [0.2, 0.25) is 0 Å². The van der Waals surface area contributed by atoms with Crippen LogP contribution in [-0.4, -0.2) is 32.8 Å². The largest absolute Gasteiger partial charge is 0.313 e. The minimum absolute atomic E-state index is 0.234. The Morgan fingerprint density at radius 3 is 2.47 bits per heavy atom. The second-order valence-electron chi connectivity index (χ2n) is 5.95. The molecule has 0 saturated heterocycles. The summed E-state index contributed by atoms with van der Waals surface area (Å²) in [5.41, 5.74) is 0. The molecule has 4 nitrogen and oxygen atoms in total. The van der Waals surface area contributed by atoms with Gasteiger partial charge in [0.15, 0.2) is 0 Å². The van der Waals surface area contributed by atoms with E-state index >= 15 is 0 Å². The number of nitrogens with one attached hydrogen (secondary N) is 2. The zero-order valence-electron chi connectivity index (χ0n) is 10.2. The predicted molar refractivity (Wildman–Crippen MR) is 67.2 cm³/mol. The van der Waals surface area contributed by atoms with Crippen LogP contribution >= 0.6 is 0 Å². The number of sulfonamides is 1. The number of hydrogen-bond acceptors (Lipinski definition) is 3. The van der Waals surface area contributed by atoms with Gasteiger partial charge in [0.2, 0.25) is 10.0 Å². The van der Waals surface area contributed by atoms with Crippen LogP contribution in [0.15, 0.2) is 0 Å². The maximum Gasteiger partial charge on any atom is 0.213 e. The van der Waals surface area contributed by atoms with Crippen molar-refractivity contribution in [3.63, 3.8) is 0 Å². The average Bonchev–Trinajstić information content (AvgIpc) is 2.85. The van der Waals surface area contributed by atoms with E-state index in [1.165, 1.54) is 32.1 Å². The van der Waals surface area contributed by atoms with E-state index in [0.29, 0.717) is 18.5 Å². The van der Waals surface area contributed by atoms with Crippen LogP contribution in [0.25, 0.3) is 0 Å². The van der Waals surface area contributed by atoms with Crippen LogP contribution in [-0.2, 0) is 10.0 Å². The molecule has 0 aliphatic heterocycles. The second-order valence-corrected chi connectivity index (χ2v) is 7.82. The van der Waals surface area contributed by atoms with E-state index in [9.17, 15) is 8.42 Å². The zero-order chi connectivity index (χ0) is 11.9. The maximum atomic E-state index is 11.9. The van der Waals surface area contributed by atoms with Crippen molar-refractivity contribution in [3.05, 3.63) is 0 Å². The first-order valence-electron chi connectivity index (χ1n) is 6.86. The summed E-state index contributed by atoms with van der Waals surface area (Å²) in [5, 5.41) is 3.25. The molecule has 98 valence electrons. The van der Waals surface area contributed by atoms with Crippen molar-refractivity contribution in [3.8, 4) is 0 Å². The lowest BCUT2D eigenvalue weighted by Gasteiger charge is -2.22. The SMILES string of the molecule is O=S(=O)(CCNC1CC1)NC1CC2CCC1C2. The molecule has 0 aromatic heterocycles. The smallest absolute Gasteiger partial charge is 0.213 e. The Labute approximate surface area is 104 Å². The fourth-order valence-corrected chi connectivity index (χ4v) is 4.62. The molecule has 2 bridgehead atoms. The van der Waals surface area contributed by atoms with Gasteiger partial charge in [-0.1, -0.05) is 6.42 Å². The standard InChI is InChI=1S/C12H22N2O2S/c15-17(16,6-5-13-11-3-4-11)14-12-8-9-1-2-10(12)7-9/h9-14H,1-8H2. The quantitative estimate of drug-likeness (QED) is 0.742. The predicted octanol–water partition coefficient (Wildman–Crippen LogP) is 0.846. The number of rotatable bonds is 6. The van der Waals surface area contributed by atoms with Crippen molar-refractivity contribution in [2.24, 2.45) is 11.8 Å². The van der Waals surface area contributed by atoms with Crippen LogP contribution in [0.4, 0.5) is 0 Å². The molecule has 3 fully saturated rings. The molecular formula is C12H22N2O2S. The van der Waals surface area contributed by atoms with E-state index < -0.39 is 10.0 Å². The summed E-state index contributed by atoms with van der Waals surface area (Å²) < 4.78 is 26.7. The summed E-state index contributed by atoms with van der Waals surface area (Å²) in [4.78, 5) is 0.